The molecule has 8 nitrogen and oxygen atoms in total. The van der Waals surface area contributed by atoms with Crippen LogP contribution in [0.5, 0.6) is 0 Å². The summed E-state index contributed by atoms with van der Waals surface area (Å²) in [6.07, 6.45) is 1.82. The van der Waals surface area contributed by atoms with E-state index in [1.807, 2.05) is 50.7 Å². The molecule has 0 aliphatic carbocycles. The van der Waals surface area contributed by atoms with Gasteiger partial charge in [-0.25, -0.2) is 24.6 Å². The molecular weight excluding hydrogens is 340 g/mol. The minimum Gasteiger partial charge on any atom is -0.353 e. The smallest absolute Gasteiger partial charge is 0.159 e. The zero-order chi connectivity index (χ0) is 19.0. The van der Waals surface area contributed by atoms with Crippen LogP contribution in [-0.2, 0) is 0 Å². The maximum Gasteiger partial charge on any atom is 0.159 e. The average molecular weight is 364 g/mol. The van der Waals surface area contributed by atoms with Crippen LogP contribution in [0.3, 0.4) is 0 Å². The molecular formula is C19H24N8. The molecule has 1 saturated heterocycles. The molecule has 3 aromatic rings. The van der Waals surface area contributed by atoms with E-state index in [1.165, 1.54) is 0 Å². The van der Waals surface area contributed by atoms with Gasteiger partial charge < -0.3 is 9.80 Å². The highest BCUT2D eigenvalue weighted by Crippen LogP contribution is 2.20. The first kappa shape index (κ1) is 17.4. The number of anilines is 2. The number of hydrogen-bond acceptors (Lipinski definition) is 7. The Morgan fingerprint density at radius 3 is 2.00 bits per heavy atom. The standard InChI is InChI=1S/C19H24N8/c1-13-11-14(2)27(24-13)19-12-18(22-16(4)23-19)26-9-7-25(8-10-26)17-5-6-20-15(3)21-17/h5-6,11-12H,7-10H2,1-4H3. The minimum atomic E-state index is 0.754. The first-order chi connectivity index (χ1) is 13.0. The third kappa shape index (κ3) is 3.60. The number of nitrogens with zero attached hydrogens (tertiary/aromatic N) is 8. The molecule has 1 aliphatic heterocycles. The van der Waals surface area contributed by atoms with Crippen molar-refractivity contribution in [2.45, 2.75) is 27.7 Å². The first-order valence-corrected chi connectivity index (χ1v) is 9.18. The number of aryl methyl sites for hydroxylation is 4. The van der Waals surface area contributed by atoms with Gasteiger partial charge in [-0.3, -0.25) is 0 Å². The Labute approximate surface area is 158 Å². The van der Waals surface area contributed by atoms with Crippen molar-refractivity contribution in [3.8, 4) is 5.82 Å². The van der Waals surface area contributed by atoms with Gasteiger partial charge in [-0.1, -0.05) is 0 Å². The van der Waals surface area contributed by atoms with Crippen LogP contribution in [-0.4, -0.2) is 55.9 Å². The van der Waals surface area contributed by atoms with Crippen molar-refractivity contribution in [3.63, 3.8) is 0 Å². The molecule has 0 unspecified atom stereocenters. The van der Waals surface area contributed by atoms with Crippen LogP contribution in [0.25, 0.3) is 5.82 Å². The van der Waals surface area contributed by atoms with Crippen LogP contribution in [0.2, 0.25) is 0 Å². The summed E-state index contributed by atoms with van der Waals surface area (Å²) in [6, 6.07) is 6.05. The topological polar surface area (TPSA) is 75.9 Å². The number of aromatic nitrogens is 6. The van der Waals surface area contributed by atoms with Crippen LogP contribution in [0.15, 0.2) is 24.4 Å². The van der Waals surface area contributed by atoms with Crippen molar-refractivity contribution >= 4 is 11.6 Å². The minimum absolute atomic E-state index is 0.754. The fraction of sp³-hybridized carbons (Fsp3) is 0.421. The van der Waals surface area contributed by atoms with E-state index in [0.29, 0.717) is 0 Å². The third-order valence-electron chi connectivity index (χ3n) is 4.73. The van der Waals surface area contributed by atoms with Gasteiger partial charge in [0.05, 0.1) is 5.69 Å². The maximum atomic E-state index is 4.66. The molecule has 1 fully saturated rings. The van der Waals surface area contributed by atoms with E-state index in [2.05, 4.69) is 40.9 Å². The van der Waals surface area contributed by atoms with E-state index >= 15 is 0 Å². The van der Waals surface area contributed by atoms with Crippen molar-refractivity contribution in [2.24, 2.45) is 0 Å². The Hall–Kier alpha value is -3.03. The summed E-state index contributed by atoms with van der Waals surface area (Å²) in [5.74, 6) is 4.31. The quantitative estimate of drug-likeness (QED) is 0.704. The van der Waals surface area contributed by atoms with Crippen LogP contribution in [0.4, 0.5) is 11.6 Å². The van der Waals surface area contributed by atoms with Crippen LogP contribution < -0.4 is 9.80 Å². The summed E-state index contributed by atoms with van der Waals surface area (Å²) >= 11 is 0. The summed E-state index contributed by atoms with van der Waals surface area (Å²) < 4.78 is 1.88. The fourth-order valence-electron chi connectivity index (χ4n) is 3.45. The van der Waals surface area contributed by atoms with E-state index in [9.17, 15) is 0 Å². The van der Waals surface area contributed by atoms with Crippen molar-refractivity contribution < 1.29 is 0 Å². The van der Waals surface area contributed by atoms with Crippen molar-refractivity contribution in [2.75, 3.05) is 36.0 Å². The lowest BCUT2D eigenvalue weighted by molar-refractivity contribution is 0.637. The molecule has 27 heavy (non-hydrogen) atoms. The predicted molar refractivity (Wildman–Crippen MR) is 105 cm³/mol. The van der Waals surface area contributed by atoms with Gasteiger partial charge in [-0.2, -0.15) is 5.10 Å². The highest BCUT2D eigenvalue weighted by atomic mass is 15.3. The van der Waals surface area contributed by atoms with Gasteiger partial charge in [-0.15, -0.1) is 0 Å². The summed E-state index contributed by atoms with van der Waals surface area (Å²) in [6.45, 7) is 11.4. The third-order valence-corrected chi connectivity index (χ3v) is 4.73. The predicted octanol–water partition coefficient (Wildman–Crippen LogP) is 2.01. The van der Waals surface area contributed by atoms with Crippen LogP contribution in [0.1, 0.15) is 23.0 Å². The Balaban J connectivity index is 1.54. The zero-order valence-corrected chi connectivity index (χ0v) is 16.2. The van der Waals surface area contributed by atoms with E-state index in [1.54, 1.807) is 0 Å². The Bertz CT molecular complexity index is 956. The molecule has 0 saturated carbocycles. The van der Waals surface area contributed by atoms with Gasteiger partial charge in [-0.05, 0) is 39.8 Å². The van der Waals surface area contributed by atoms with Crippen LogP contribution in [0, 0.1) is 27.7 Å². The molecule has 4 rings (SSSR count). The zero-order valence-electron chi connectivity index (χ0n) is 16.2. The number of rotatable bonds is 3. The van der Waals surface area contributed by atoms with E-state index in [-0.39, 0.29) is 0 Å². The van der Waals surface area contributed by atoms with Gasteiger partial charge in [0, 0.05) is 44.1 Å². The van der Waals surface area contributed by atoms with Crippen molar-refractivity contribution in [3.05, 3.63) is 47.4 Å². The molecule has 140 valence electrons. The molecule has 0 bridgehead atoms. The molecule has 0 spiro atoms. The second-order valence-corrected chi connectivity index (χ2v) is 6.91. The van der Waals surface area contributed by atoms with Gasteiger partial charge in [0.15, 0.2) is 5.82 Å². The summed E-state index contributed by atoms with van der Waals surface area (Å²) in [7, 11) is 0. The lowest BCUT2D eigenvalue weighted by atomic mass is 10.3. The van der Waals surface area contributed by atoms with Crippen molar-refractivity contribution in [1.29, 1.82) is 0 Å². The second kappa shape index (κ2) is 6.94. The van der Waals surface area contributed by atoms with E-state index in [4.69, 9.17) is 0 Å². The number of piperazine rings is 1. The largest absolute Gasteiger partial charge is 0.353 e. The lowest BCUT2D eigenvalue weighted by Crippen LogP contribution is -2.47. The lowest BCUT2D eigenvalue weighted by Gasteiger charge is -2.36. The summed E-state index contributed by atoms with van der Waals surface area (Å²) in [5.41, 5.74) is 2.06. The van der Waals surface area contributed by atoms with E-state index in [0.717, 1.165) is 66.7 Å². The molecule has 4 heterocycles. The van der Waals surface area contributed by atoms with Gasteiger partial charge >= 0.3 is 0 Å². The van der Waals surface area contributed by atoms with Gasteiger partial charge in [0.1, 0.15) is 23.3 Å². The summed E-state index contributed by atoms with van der Waals surface area (Å²) in [4.78, 5) is 22.5. The Morgan fingerprint density at radius 2 is 1.37 bits per heavy atom. The highest BCUT2D eigenvalue weighted by molar-refractivity contribution is 5.48. The van der Waals surface area contributed by atoms with Crippen molar-refractivity contribution in [1.82, 2.24) is 29.7 Å². The molecule has 8 heteroatoms. The molecule has 0 radical (unpaired) electrons. The molecule has 3 aromatic heterocycles. The fourth-order valence-corrected chi connectivity index (χ4v) is 3.45. The van der Waals surface area contributed by atoms with Gasteiger partial charge in [0.25, 0.3) is 0 Å². The Kier molecular flexibility index (Phi) is 4.47. The van der Waals surface area contributed by atoms with E-state index < -0.39 is 0 Å². The Morgan fingerprint density at radius 1 is 0.741 bits per heavy atom. The molecule has 0 aromatic carbocycles. The maximum absolute atomic E-state index is 4.66. The average Bonchev–Trinajstić information content (AvgIpc) is 2.99. The van der Waals surface area contributed by atoms with Crippen LogP contribution >= 0.6 is 0 Å². The highest BCUT2D eigenvalue weighted by Gasteiger charge is 2.20. The normalized spacial score (nSPS) is 14.7. The molecule has 0 atom stereocenters. The second-order valence-electron chi connectivity index (χ2n) is 6.91. The summed E-state index contributed by atoms with van der Waals surface area (Å²) in [5, 5.41) is 4.55. The monoisotopic (exact) mass is 364 g/mol. The number of hydrogen-bond donors (Lipinski definition) is 0. The molecule has 0 N–H and O–H groups in total. The van der Waals surface area contributed by atoms with Gasteiger partial charge in [0.2, 0.25) is 0 Å². The molecule has 1 aliphatic rings. The SMILES string of the molecule is Cc1cc(C)n(-c2cc(N3CCN(c4ccnc(C)n4)CC3)nc(C)n2)n1. The molecule has 0 amide bonds. The first-order valence-electron chi connectivity index (χ1n) is 9.18.